The summed E-state index contributed by atoms with van der Waals surface area (Å²) >= 11 is 0. The molecule has 1 unspecified atom stereocenters. The lowest BCUT2D eigenvalue weighted by Gasteiger charge is -2.36. The number of hydrogen-bond donors (Lipinski definition) is 1. The fraction of sp³-hybridized carbons (Fsp3) is 0.320. The summed E-state index contributed by atoms with van der Waals surface area (Å²) in [5.41, 5.74) is 3.63. The first-order valence-electron chi connectivity index (χ1n) is 11.0. The van der Waals surface area contributed by atoms with E-state index in [1.54, 1.807) is 18.2 Å². The van der Waals surface area contributed by atoms with E-state index in [1.165, 1.54) is 11.1 Å². The zero-order valence-corrected chi connectivity index (χ0v) is 18.0. The van der Waals surface area contributed by atoms with Crippen LogP contribution in [0.5, 0.6) is 5.75 Å². The van der Waals surface area contributed by atoms with Gasteiger partial charge in [0.2, 0.25) is 0 Å². The maximum absolute atomic E-state index is 13.1. The summed E-state index contributed by atoms with van der Waals surface area (Å²) in [5, 5.41) is 7.17. The highest BCUT2D eigenvalue weighted by atomic mass is 16.5. The minimum atomic E-state index is -0.203. The summed E-state index contributed by atoms with van der Waals surface area (Å²) < 4.78 is 7.25. The van der Waals surface area contributed by atoms with Crippen LogP contribution in [0.25, 0.3) is 0 Å². The molecule has 0 aliphatic carbocycles. The molecule has 7 heteroatoms. The van der Waals surface area contributed by atoms with E-state index >= 15 is 0 Å². The van der Waals surface area contributed by atoms with Crippen LogP contribution < -0.4 is 10.1 Å². The Morgan fingerprint density at radius 1 is 1.12 bits per heavy atom. The monoisotopic (exact) mass is 430 g/mol. The maximum Gasteiger partial charge on any atom is 0.262 e. The van der Waals surface area contributed by atoms with Crippen LogP contribution in [0.15, 0.2) is 60.9 Å². The van der Waals surface area contributed by atoms with E-state index in [0.717, 1.165) is 12.8 Å². The summed E-state index contributed by atoms with van der Waals surface area (Å²) in [5.74, 6) is 1.08. The third kappa shape index (κ3) is 3.98. The second-order valence-electron chi connectivity index (χ2n) is 8.51. The minimum absolute atomic E-state index is 0.00726. The summed E-state index contributed by atoms with van der Waals surface area (Å²) in [6, 6.07) is 15.8. The molecule has 164 valence electrons. The van der Waals surface area contributed by atoms with Gasteiger partial charge in [-0.15, -0.1) is 0 Å². The van der Waals surface area contributed by atoms with Crippen molar-refractivity contribution in [3.8, 4) is 5.75 Å². The lowest BCUT2D eigenvalue weighted by Crippen LogP contribution is -2.40. The van der Waals surface area contributed by atoms with Gasteiger partial charge in [-0.05, 0) is 48.1 Å². The van der Waals surface area contributed by atoms with Crippen molar-refractivity contribution in [2.45, 2.75) is 18.8 Å². The number of piperidine rings is 1. The lowest BCUT2D eigenvalue weighted by molar-refractivity contribution is -0.118. The van der Waals surface area contributed by atoms with Gasteiger partial charge < -0.3 is 15.0 Å². The molecule has 7 nitrogen and oxygen atoms in total. The molecule has 0 saturated carbocycles. The number of carbonyl (C=O) groups excluding carboxylic acids is 2. The van der Waals surface area contributed by atoms with Crippen LogP contribution in [0.3, 0.4) is 0 Å². The quantitative estimate of drug-likeness (QED) is 0.688. The fourth-order valence-electron chi connectivity index (χ4n) is 4.83. The number of amides is 2. The molecule has 5 rings (SSSR count). The SMILES string of the molecule is Cn1cc(C(c2ccccc2)C2CCN(C(=O)c3ccc4c(c3)NC(=O)CO4)CC2)cn1. The first-order chi connectivity index (χ1) is 15.6. The van der Waals surface area contributed by atoms with E-state index in [4.69, 9.17) is 4.74 Å². The summed E-state index contributed by atoms with van der Waals surface area (Å²) in [7, 11) is 1.94. The Hall–Kier alpha value is -3.61. The molecule has 1 atom stereocenters. The molecule has 2 amide bonds. The number of aromatic nitrogens is 2. The Balaban J connectivity index is 1.31. The van der Waals surface area contributed by atoms with Crippen LogP contribution in [-0.4, -0.2) is 46.2 Å². The number of fused-ring (bicyclic) bond motifs is 1. The molecule has 0 bridgehead atoms. The first kappa shape index (κ1) is 20.3. The smallest absolute Gasteiger partial charge is 0.262 e. The van der Waals surface area contributed by atoms with Crippen molar-refractivity contribution >= 4 is 17.5 Å². The van der Waals surface area contributed by atoms with Crippen LogP contribution in [0.4, 0.5) is 5.69 Å². The predicted octanol–water partition coefficient (Wildman–Crippen LogP) is 3.44. The van der Waals surface area contributed by atoms with Gasteiger partial charge in [-0.3, -0.25) is 14.3 Å². The van der Waals surface area contributed by atoms with Gasteiger partial charge in [0.25, 0.3) is 11.8 Å². The first-order valence-corrected chi connectivity index (χ1v) is 11.0. The third-order valence-corrected chi connectivity index (χ3v) is 6.40. The molecule has 32 heavy (non-hydrogen) atoms. The Kier molecular flexibility index (Phi) is 5.39. The van der Waals surface area contributed by atoms with Crippen LogP contribution in [-0.2, 0) is 11.8 Å². The van der Waals surface area contributed by atoms with Crippen LogP contribution in [0, 0.1) is 5.92 Å². The van der Waals surface area contributed by atoms with E-state index in [2.05, 4.69) is 40.9 Å². The molecule has 3 aromatic rings. The van der Waals surface area contributed by atoms with Crippen molar-refractivity contribution in [1.82, 2.24) is 14.7 Å². The largest absolute Gasteiger partial charge is 0.482 e. The van der Waals surface area contributed by atoms with E-state index in [0.29, 0.717) is 36.0 Å². The van der Waals surface area contributed by atoms with Gasteiger partial charge in [0.1, 0.15) is 5.75 Å². The van der Waals surface area contributed by atoms with Crippen molar-refractivity contribution in [3.63, 3.8) is 0 Å². The second-order valence-corrected chi connectivity index (χ2v) is 8.51. The summed E-state index contributed by atoms with van der Waals surface area (Å²) in [6.45, 7) is 1.41. The molecule has 1 saturated heterocycles. The van der Waals surface area contributed by atoms with Crippen LogP contribution in [0.1, 0.15) is 40.2 Å². The molecule has 3 heterocycles. The number of ether oxygens (including phenoxy) is 1. The molecule has 2 aliphatic heterocycles. The highest BCUT2D eigenvalue weighted by Crippen LogP contribution is 2.38. The number of hydrogen-bond acceptors (Lipinski definition) is 4. The average Bonchev–Trinajstić information content (AvgIpc) is 3.25. The number of nitrogens with one attached hydrogen (secondary N) is 1. The summed E-state index contributed by atoms with van der Waals surface area (Å²) in [6.07, 6.45) is 5.90. The average molecular weight is 431 g/mol. The predicted molar refractivity (Wildman–Crippen MR) is 121 cm³/mol. The Bertz CT molecular complexity index is 1130. The normalized spacial score (nSPS) is 17.3. The topological polar surface area (TPSA) is 76.5 Å². The molecule has 1 aromatic heterocycles. The van der Waals surface area contributed by atoms with E-state index in [9.17, 15) is 9.59 Å². The van der Waals surface area contributed by atoms with E-state index in [1.807, 2.05) is 28.9 Å². The van der Waals surface area contributed by atoms with Gasteiger partial charge in [-0.25, -0.2) is 0 Å². The van der Waals surface area contributed by atoms with Crippen molar-refractivity contribution < 1.29 is 14.3 Å². The molecule has 0 radical (unpaired) electrons. The minimum Gasteiger partial charge on any atom is -0.482 e. The van der Waals surface area contributed by atoms with Gasteiger partial charge in [-0.2, -0.15) is 5.10 Å². The number of anilines is 1. The van der Waals surface area contributed by atoms with Crippen LogP contribution in [0.2, 0.25) is 0 Å². The van der Waals surface area contributed by atoms with Crippen molar-refractivity contribution in [2.75, 3.05) is 25.0 Å². The highest BCUT2D eigenvalue weighted by molar-refractivity contribution is 5.99. The third-order valence-electron chi connectivity index (χ3n) is 6.40. The second kappa shape index (κ2) is 8.49. The molecular formula is C25H26N4O3. The Morgan fingerprint density at radius 2 is 1.91 bits per heavy atom. The highest BCUT2D eigenvalue weighted by Gasteiger charge is 2.31. The molecule has 2 aromatic carbocycles. The van der Waals surface area contributed by atoms with Gasteiger partial charge in [0.05, 0.1) is 11.9 Å². The summed E-state index contributed by atoms with van der Waals surface area (Å²) in [4.78, 5) is 26.7. The number of aryl methyl sites for hydroxylation is 1. The number of carbonyl (C=O) groups is 2. The van der Waals surface area contributed by atoms with Crippen LogP contribution >= 0.6 is 0 Å². The molecular weight excluding hydrogens is 404 g/mol. The Morgan fingerprint density at radius 3 is 2.62 bits per heavy atom. The standard InChI is InChI=1S/C25H26N4O3/c1-28-15-20(14-26-28)24(17-5-3-2-4-6-17)18-9-11-29(12-10-18)25(31)19-7-8-22-21(13-19)27-23(30)16-32-22/h2-8,13-15,18,24H,9-12,16H2,1H3,(H,27,30). The van der Waals surface area contributed by atoms with Crippen molar-refractivity contribution in [1.29, 1.82) is 0 Å². The maximum atomic E-state index is 13.1. The fourth-order valence-corrected chi connectivity index (χ4v) is 4.83. The number of benzene rings is 2. The number of likely N-dealkylation sites (tertiary alicyclic amines) is 1. The van der Waals surface area contributed by atoms with E-state index in [-0.39, 0.29) is 24.3 Å². The van der Waals surface area contributed by atoms with Gasteiger partial charge in [0.15, 0.2) is 6.61 Å². The zero-order chi connectivity index (χ0) is 22.1. The van der Waals surface area contributed by atoms with Gasteiger partial charge >= 0.3 is 0 Å². The van der Waals surface area contributed by atoms with Gasteiger partial charge in [0, 0.05) is 37.8 Å². The van der Waals surface area contributed by atoms with Crippen molar-refractivity contribution in [3.05, 3.63) is 77.6 Å². The molecule has 0 spiro atoms. The van der Waals surface area contributed by atoms with E-state index < -0.39 is 0 Å². The number of rotatable bonds is 4. The molecule has 1 N–H and O–H groups in total. The lowest BCUT2D eigenvalue weighted by atomic mass is 9.77. The molecule has 2 aliphatic rings. The molecule has 1 fully saturated rings. The van der Waals surface area contributed by atoms with Gasteiger partial charge in [-0.1, -0.05) is 30.3 Å². The Labute approximate surface area is 187 Å². The number of nitrogens with zero attached hydrogens (tertiary/aromatic N) is 3. The zero-order valence-electron chi connectivity index (χ0n) is 18.0. The van der Waals surface area contributed by atoms with Crippen molar-refractivity contribution in [2.24, 2.45) is 13.0 Å².